The molecule has 4 fully saturated rings. The first-order valence-electron chi connectivity index (χ1n) is 12.0. The van der Waals surface area contributed by atoms with Crippen molar-refractivity contribution in [2.24, 2.45) is 5.92 Å². The fourth-order valence-corrected chi connectivity index (χ4v) is 6.19. The lowest BCUT2D eigenvalue weighted by atomic mass is 9.92. The van der Waals surface area contributed by atoms with E-state index in [-0.39, 0.29) is 42.3 Å². The molecule has 4 aliphatic rings. The number of rotatable bonds is 5. The highest BCUT2D eigenvalue weighted by Gasteiger charge is 2.52. The lowest BCUT2D eigenvalue weighted by Crippen LogP contribution is -2.65. The number of carbonyl (C=O) groups is 1. The first-order chi connectivity index (χ1) is 16.9. The number of fused-ring (bicyclic) bond motifs is 2. The normalized spacial score (nSPS) is 43.3. The minimum Gasteiger partial charge on any atom is -0.388 e. The second kappa shape index (κ2) is 12.9. The number of hydrogen-bond donors (Lipinski definition) is 5. The van der Waals surface area contributed by atoms with Gasteiger partial charge < -0.3 is 44.9 Å². The summed E-state index contributed by atoms with van der Waals surface area (Å²) >= 11 is 7.84. The second-order valence-corrected chi connectivity index (χ2v) is 11.9. The van der Waals surface area contributed by atoms with E-state index in [1.807, 2.05) is 13.8 Å². The highest BCUT2D eigenvalue weighted by atomic mass is 35.5. The van der Waals surface area contributed by atoms with Crippen LogP contribution in [0.4, 0.5) is 3.89 Å². The van der Waals surface area contributed by atoms with Crippen LogP contribution in [0.1, 0.15) is 27.2 Å². The molecule has 0 aromatic heterocycles. The van der Waals surface area contributed by atoms with Crippen molar-refractivity contribution in [3.8, 4) is 0 Å². The monoisotopic (exact) mass is 576 g/mol. The average molecular weight is 577 g/mol. The summed E-state index contributed by atoms with van der Waals surface area (Å²) in [4.78, 5) is 13.3. The number of thioether (sulfide) groups is 1. The third kappa shape index (κ3) is 6.79. The fourth-order valence-electron chi connectivity index (χ4n) is 5.31. The summed E-state index contributed by atoms with van der Waals surface area (Å²) < 4.78 is 34.1. The van der Waals surface area contributed by atoms with Crippen LogP contribution in [0.5, 0.6) is 0 Å². The highest BCUT2D eigenvalue weighted by molar-refractivity contribution is 7.99. The number of ether oxygens (including phenoxy) is 4. The van der Waals surface area contributed by atoms with Gasteiger partial charge >= 0.3 is 0 Å². The van der Waals surface area contributed by atoms with Crippen LogP contribution in [-0.2, 0) is 23.7 Å². The zero-order valence-electron chi connectivity index (χ0n) is 21.0. The molecule has 4 saturated heterocycles. The quantitative estimate of drug-likeness (QED) is 0.291. The van der Waals surface area contributed by atoms with Gasteiger partial charge in [0.1, 0.15) is 42.0 Å². The van der Waals surface area contributed by atoms with Gasteiger partial charge in [0.2, 0.25) is 5.91 Å². The molecule has 0 aliphatic carbocycles. The summed E-state index contributed by atoms with van der Waals surface area (Å²) in [7, 11) is 0. The predicted octanol–water partition coefficient (Wildman–Crippen LogP) is 0.400. The highest BCUT2D eigenvalue weighted by Crippen LogP contribution is 2.38. The summed E-state index contributed by atoms with van der Waals surface area (Å²) in [6.45, 7) is 6.38. The SMILES string of the molecule is CSC1O[C@H]([C@H](NC(=O)[C@H]2NC[C@@H]3C[C@H]4OC(C)(C)O[C@H]4CO[C@H]32)[C@H](C)Cl)C(O)[C@@H](O)[C@H]1O.CSF. The number of aliphatic hydroxyl groups is 3. The van der Waals surface area contributed by atoms with E-state index in [2.05, 4.69) is 10.6 Å². The molecule has 4 rings (SSSR count). The molecule has 12 atom stereocenters. The van der Waals surface area contributed by atoms with Gasteiger partial charge in [-0.15, -0.1) is 23.4 Å². The third-order valence-electron chi connectivity index (χ3n) is 6.95. The lowest BCUT2D eigenvalue weighted by molar-refractivity contribution is -0.205. The average Bonchev–Trinajstić information content (AvgIpc) is 3.29. The van der Waals surface area contributed by atoms with Crippen LogP contribution in [0, 0.1) is 5.92 Å². The molecule has 0 radical (unpaired) electrons. The number of alkyl halides is 1. The van der Waals surface area contributed by atoms with Crippen molar-refractivity contribution in [1.29, 1.82) is 0 Å². The van der Waals surface area contributed by atoms with Crippen molar-refractivity contribution >= 4 is 41.4 Å². The predicted molar refractivity (Wildman–Crippen MR) is 136 cm³/mol. The Morgan fingerprint density at radius 1 is 1.17 bits per heavy atom. The summed E-state index contributed by atoms with van der Waals surface area (Å²) in [6.07, 6.45) is -1.88. The van der Waals surface area contributed by atoms with E-state index in [0.717, 1.165) is 6.42 Å². The first-order valence-corrected chi connectivity index (χ1v) is 14.8. The van der Waals surface area contributed by atoms with Crippen molar-refractivity contribution in [3.63, 3.8) is 0 Å². The topological polar surface area (TPSA) is 139 Å². The molecule has 0 saturated carbocycles. The summed E-state index contributed by atoms with van der Waals surface area (Å²) in [6, 6.07) is -1.42. The molecule has 0 spiro atoms. The molecule has 0 bridgehead atoms. The third-order valence-corrected chi connectivity index (χ3v) is 8.07. The van der Waals surface area contributed by atoms with E-state index < -0.39 is 53.1 Å². The zero-order chi connectivity index (χ0) is 26.8. The van der Waals surface area contributed by atoms with Crippen LogP contribution >= 0.6 is 35.5 Å². The number of aliphatic hydroxyl groups excluding tert-OH is 3. The van der Waals surface area contributed by atoms with Crippen molar-refractivity contribution in [3.05, 3.63) is 0 Å². The summed E-state index contributed by atoms with van der Waals surface area (Å²) in [5.41, 5.74) is -0.758. The Kier molecular flexibility index (Phi) is 11.0. The second-order valence-electron chi connectivity index (χ2n) is 9.93. The first kappa shape index (κ1) is 30.6. The van der Waals surface area contributed by atoms with Crippen molar-refractivity contribution in [1.82, 2.24) is 10.6 Å². The summed E-state index contributed by atoms with van der Waals surface area (Å²) in [5.74, 6) is -0.896. The van der Waals surface area contributed by atoms with E-state index >= 15 is 0 Å². The Bertz CT molecular complexity index is 742. The maximum Gasteiger partial charge on any atom is 0.240 e. The molecule has 0 aromatic rings. The van der Waals surface area contributed by atoms with Crippen LogP contribution < -0.4 is 10.6 Å². The molecule has 2 unspecified atom stereocenters. The van der Waals surface area contributed by atoms with Gasteiger partial charge in [-0.3, -0.25) is 4.79 Å². The molecule has 1 amide bonds. The van der Waals surface area contributed by atoms with Gasteiger partial charge in [-0.05, 0) is 33.4 Å². The number of halogens is 2. The number of hydrogen-bond acceptors (Lipinski definition) is 11. The molecular weight excluding hydrogens is 539 g/mol. The Morgan fingerprint density at radius 3 is 2.42 bits per heavy atom. The molecule has 210 valence electrons. The van der Waals surface area contributed by atoms with E-state index in [1.54, 1.807) is 13.2 Å². The molecule has 4 heterocycles. The Hall–Kier alpha value is 0.0700. The van der Waals surface area contributed by atoms with Crippen LogP contribution in [0.25, 0.3) is 0 Å². The zero-order valence-corrected chi connectivity index (χ0v) is 23.4. The largest absolute Gasteiger partial charge is 0.388 e. The molecule has 14 heteroatoms. The molecule has 36 heavy (non-hydrogen) atoms. The molecule has 4 aliphatic heterocycles. The van der Waals surface area contributed by atoms with E-state index in [0.29, 0.717) is 13.2 Å². The van der Waals surface area contributed by atoms with Gasteiger partial charge in [0.05, 0.1) is 30.2 Å². The number of nitrogens with one attached hydrogen (secondary N) is 2. The van der Waals surface area contributed by atoms with Crippen molar-refractivity contribution in [2.75, 3.05) is 25.7 Å². The van der Waals surface area contributed by atoms with Gasteiger partial charge in [0.15, 0.2) is 5.79 Å². The van der Waals surface area contributed by atoms with Crippen LogP contribution in [0.2, 0.25) is 0 Å². The van der Waals surface area contributed by atoms with Gasteiger partial charge in [0, 0.05) is 30.9 Å². The molecule has 0 aromatic carbocycles. The lowest BCUT2D eigenvalue weighted by Gasteiger charge is -2.44. The van der Waals surface area contributed by atoms with Crippen LogP contribution in [0.15, 0.2) is 0 Å². The van der Waals surface area contributed by atoms with Gasteiger partial charge in [0.25, 0.3) is 0 Å². The van der Waals surface area contributed by atoms with E-state index in [4.69, 9.17) is 30.5 Å². The van der Waals surface area contributed by atoms with Crippen LogP contribution in [-0.4, -0.2) is 118 Å². The van der Waals surface area contributed by atoms with Crippen molar-refractivity contribution in [2.45, 2.75) is 98.6 Å². The van der Waals surface area contributed by atoms with Crippen molar-refractivity contribution < 1.29 is 42.9 Å². The Balaban J connectivity index is 0.00000115. The molecular formula is C22H38ClFN2O8S2. The minimum atomic E-state index is -1.42. The van der Waals surface area contributed by atoms with Crippen LogP contribution in [0.3, 0.4) is 0 Å². The maximum absolute atomic E-state index is 13.3. The minimum absolute atomic E-state index is 0.0782. The number of amides is 1. The van der Waals surface area contributed by atoms with E-state index in [1.165, 1.54) is 18.0 Å². The Morgan fingerprint density at radius 2 is 1.81 bits per heavy atom. The van der Waals surface area contributed by atoms with Gasteiger partial charge in [-0.1, -0.05) is 0 Å². The Labute approximate surface area is 224 Å². The summed E-state index contributed by atoms with van der Waals surface area (Å²) in [5, 5.41) is 36.5. The van der Waals surface area contributed by atoms with Gasteiger partial charge in [-0.2, -0.15) is 3.89 Å². The maximum atomic E-state index is 13.3. The number of carbonyl (C=O) groups excluding carboxylic acids is 1. The smallest absolute Gasteiger partial charge is 0.240 e. The fraction of sp³-hybridized carbons (Fsp3) is 0.955. The molecule has 10 nitrogen and oxygen atoms in total. The van der Waals surface area contributed by atoms with E-state index in [9.17, 15) is 24.0 Å². The molecule has 5 N–H and O–H groups in total. The standard InChI is InChI=1S/C21H35ClN2O8S.CH3FS/c1-8(22)12(18-15(26)14(25)16(27)20(30-18)33-4)24-19(28)13-17-9(6-23-13)5-10-11(7-29-17)32-21(2,3)31-10;1-3-2/h8-18,20,23,25-27H,5-7H2,1-4H3,(H,24,28);1H3/t8-,9-,10+,11-,12+,13-,14+,15?,16+,17+,18+,20?;/m0./s1. The van der Waals surface area contributed by atoms with Gasteiger partial charge in [-0.25, -0.2) is 0 Å².